The molecular weight excluding hydrogens is 552 g/mol. The molecule has 0 saturated carbocycles. The fraction of sp³-hybridized carbons (Fsp3) is 0.133. The highest BCUT2D eigenvalue weighted by molar-refractivity contribution is 7.29. The van der Waals surface area contributed by atoms with Crippen molar-refractivity contribution in [1.82, 2.24) is 0 Å². The Kier molecular flexibility index (Phi) is 5.19. The van der Waals surface area contributed by atoms with E-state index in [1.807, 2.05) is 0 Å². The third kappa shape index (κ3) is 2.94. The summed E-state index contributed by atoms with van der Waals surface area (Å²) in [4.78, 5) is 52.7. The molecule has 0 bridgehead atoms. The van der Waals surface area contributed by atoms with E-state index in [9.17, 15) is 19.2 Å². The van der Waals surface area contributed by atoms with Gasteiger partial charge < -0.3 is 18.9 Å². The topological polar surface area (TPSA) is 105 Å². The van der Waals surface area contributed by atoms with Gasteiger partial charge in [-0.25, -0.2) is 0 Å². The molecule has 8 nitrogen and oxygen atoms in total. The van der Waals surface area contributed by atoms with Crippen LogP contribution in [-0.4, -0.2) is 51.6 Å². The minimum atomic E-state index is -0.321. The van der Waals surface area contributed by atoms with E-state index in [0.717, 1.165) is 0 Å². The summed E-state index contributed by atoms with van der Waals surface area (Å²) in [5.41, 5.74) is 0.962. The number of carbonyl (C=O) groups is 4. The van der Waals surface area contributed by atoms with Crippen LogP contribution in [0.4, 0.5) is 0 Å². The Hall–Kier alpha value is -4.54. The molecule has 2 aliphatic carbocycles. The lowest BCUT2D eigenvalue weighted by atomic mass is 9.87. The molecule has 0 spiro atoms. The van der Waals surface area contributed by atoms with Gasteiger partial charge in [-0.15, -0.1) is 22.7 Å². The van der Waals surface area contributed by atoms with Crippen LogP contribution >= 0.6 is 22.7 Å². The molecule has 3 aromatic carbocycles. The average molecular weight is 571 g/mol. The van der Waals surface area contributed by atoms with Gasteiger partial charge in [0.2, 0.25) is 0 Å². The molecule has 7 rings (SSSR count). The number of rotatable bonds is 4. The minimum Gasteiger partial charge on any atom is -0.495 e. The number of carbonyl (C=O) groups excluding carboxylic acids is 4. The van der Waals surface area contributed by atoms with E-state index in [1.54, 1.807) is 12.1 Å². The molecule has 198 valence electrons. The quantitative estimate of drug-likeness (QED) is 0.247. The predicted molar refractivity (Wildman–Crippen MR) is 154 cm³/mol. The Bertz CT molecular complexity index is 1970. The first-order valence-corrected chi connectivity index (χ1v) is 13.7. The first-order chi connectivity index (χ1) is 19.3. The smallest absolute Gasteiger partial charge is 0.187 e. The second-order valence-electron chi connectivity index (χ2n) is 9.21. The average Bonchev–Trinajstić information content (AvgIpc) is 3.54. The van der Waals surface area contributed by atoms with Gasteiger partial charge in [-0.2, -0.15) is 0 Å². The Labute approximate surface area is 234 Å². The van der Waals surface area contributed by atoms with Crippen molar-refractivity contribution in [3.05, 3.63) is 58.7 Å². The molecule has 5 aromatic rings. The monoisotopic (exact) mass is 570 g/mol. The number of ketones is 4. The van der Waals surface area contributed by atoms with Crippen LogP contribution in [0, 0.1) is 0 Å². The number of ether oxygens (including phenoxy) is 4. The second kappa shape index (κ2) is 8.48. The maximum atomic E-state index is 13.4. The number of methoxy groups -OCH3 is 4. The summed E-state index contributed by atoms with van der Waals surface area (Å²) in [5.74, 6) is 0.457. The molecule has 2 heterocycles. The lowest BCUT2D eigenvalue weighted by Crippen LogP contribution is -2.12. The Morgan fingerprint density at radius 2 is 0.850 bits per heavy atom. The summed E-state index contributed by atoms with van der Waals surface area (Å²) in [7, 11) is 6.06. The van der Waals surface area contributed by atoms with E-state index >= 15 is 0 Å². The van der Waals surface area contributed by atoms with Gasteiger partial charge in [0, 0.05) is 43.8 Å². The van der Waals surface area contributed by atoms with E-state index in [4.69, 9.17) is 18.9 Å². The number of thiophene rings is 2. The van der Waals surface area contributed by atoms with E-state index in [-0.39, 0.29) is 45.4 Å². The molecule has 2 aliphatic rings. The molecule has 0 aliphatic heterocycles. The van der Waals surface area contributed by atoms with Gasteiger partial charge in [0.15, 0.2) is 34.6 Å². The fourth-order valence-electron chi connectivity index (χ4n) is 5.72. The standard InChI is InChI=1S/C30H18O8S2/c1-35-17-9-11-13(31)5-7-15(33)19(11)21-23-24-22-20-12(14(32)6-8-16(20)34)10-18(36-2)28(22)40-30(24)26(38-4)25(37-3)29(23)39-27(17)21/h5-10H,1-4H3. The summed E-state index contributed by atoms with van der Waals surface area (Å²) in [6.45, 7) is 0. The van der Waals surface area contributed by atoms with Crippen LogP contribution in [-0.2, 0) is 0 Å². The van der Waals surface area contributed by atoms with Gasteiger partial charge in [-0.1, -0.05) is 0 Å². The number of hydrogen-bond acceptors (Lipinski definition) is 10. The van der Waals surface area contributed by atoms with Gasteiger partial charge in [0.25, 0.3) is 0 Å². The first-order valence-electron chi connectivity index (χ1n) is 12.1. The van der Waals surface area contributed by atoms with Gasteiger partial charge in [0.1, 0.15) is 11.5 Å². The summed E-state index contributed by atoms with van der Waals surface area (Å²) >= 11 is 2.67. The van der Waals surface area contributed by atoms with Crippen LogP contribution in [0.25, 0.3) is 40.3 Å². The van der Waals surface area contributed by atoms with Crippen molar-refractivity contribution in [3.8, 4) is 23.0 Å². The SMILES string of the molecule is COc1cc2c(c3c1sc1c(OC)c(OC)c4sc5c(OC)cc6c(c5c4c13)C(=O)C=CC6=O)C(=O)C=CC2=O. The molecule has 0 fully saturated rings. The Morgan fingerprint density at radius 3 is 1.20 bits per heavy atom. The van der Waals surface area contributed by atoms with Crippen molar-refractivity contribution in [2.24, 2.45) is 0 Å². The van der Waals surface area contributed by atoms with Crippen molar-refractivity contribution in [1.29, 1.82) is 0 Å². The van der Waals surface area contributed by atoms with Crippen LogP contribution in [0.2, 0.25) is 0 Å². The van der Waals surface area contributed by atoms with Crippen molar-refractivity contribution < 1.29 is 38.1 Å². The fourth-order valence-corrected chi connectivity index (χ4v) is 8.38. The molecule has 0 saturated heterocycles. The molecule has 10 heteroatoms. The van der Waals surface area contributed by atoms with Crippen molar-refractivity contribution in [3.63, 3.8) is 0 Å². The number of benzene rings is 3. The summed E-state index contributed by atoms with van der Waals surface area (Å²) in [6, 6.07) is 3.17. The molecule has 2 aromatic heterocycles. The van der Waals surface area contributed by atoms with Gasteiger partial charge in [-0.3, -0.25) is 19.2 Å². The number of fused-ring (bicyclic) bond motifs is 11. The first kappa shape index (κ1) is 24.5. The molecule has 0 amide bonds. The second-order valence-corrected chi connectivity index (χ2v) is 11.3. The Morgan fingerprint density at radius 1 is 0.475 bits per heavy atom. The minimum absolute atomic E-state index is 0.229. The van der Waals surface area contributed by atoms with Crippen LogP contribution in [0.5, 0.6) is 23.0 Å². The molecule has 0 unspecified atom stereocenters. The molecule has 0 atom stereocenters. The molecule has 0 radical (unpaired) electrons. The van der Waals surface area contributed by atoms with Crippen LogP contribution in [0.15, 0.2) is 36.4 Å². The largest absolute Gasteiger partial charge is 0.495 e. The third-order valence-corrected chi connectivity index (χ3v) is 9.77. The van der Waals surface area contributed by atoms with Gasteiger partial charge in [0.05, 0.1) is 47.2 Å². The third-order valence-electron chi connectivity index (χ3n) is 7.37. The number of hydrogen-bond donors (Lipinski definition) is 0. The van der Waals surface area contributed by atoms with E-state index in [2.05, 4.69) is 0 Å². The molecule has 0 N–H and O–H groups in total. The van der Waals surface area contributed by atoms with Gasteiger partial charge in [-0.05, 0) is 36.4 Å². The summed E-state index contributed by atoms with van der Waals surface area (Å²) in [5, 5.41) is 2.25. The maximum absolute atomic E-state index is 13.4. The molecular formula is C30H18O8S2. The van der Waals surface area contributed by atoms with E-state index in [0.29, 0.717) is 63.3 Å². The van der Waals surface area contributed by atoms with Crippen LogP contribution < -0.4 is 18.9 Å². The highest BCUT2D eigenvalue weighted by Gasteiger charge is 2.34. The number of allylic oxidation sites excluding steroid dienone is 4. The lowest BCUT2D eigenvalue weighted by Gasteiger charge is -2.16. The normalized spacial score (nSPS) is 14.5. The van der Waals surface area contributed by atoms with Crippen molar-refractivity contribution >= 4 is 86.2 Å². The van der Waals surface area contributed by atoms with Gasteiger partial charge >= 0.3 is 0 Å². The zero-order valence-electron chi connectivity index (χ0n) is 21.5. The predicted octanol–water partition coefficient (Wildman–Crippen LogP) is 6.33. The Balaban J connectivity index is 1.87. The highest BCUT2D eigenvalue weighted by atomic mass is 32.1. The zero-order valence-corrected chi connectivity index (χ0v) is 23.2. The van der Waals surface area contributed by atoms with Crippen molar-refractivity contribution in [2.45, 2.75) is 0 Å². The summed E-state index contributed by atoms with van der Waals surface area (Å²) < 4.78 is 25.7. The van der Waals surface area contributed by atoms with E-state index < -0.39 is 0 Å². The van der Waals surface area contributed by atoms with Crippen LogP contribution in [0.1, 0.15) is 41.4 Å². The summed E-state index contributed by atoms with van der Waals surface area (Å²) in [6.07, 6.45) is 5.03. The lowest BCUT2D eigenvalue weighted by molar-refractivity contribution is 0.0995. The highest BCUT2D eigenvalue weighted by Crippen LogP contribution is 2.58. The maximum Gasteiger partial charge on any atom is 0.187 e. The molecule has 40 heavy (non-hydrogen) atoms. The van der Waals surface area contributed by atoms with Crippen LogP contribution in [0.3, 0.4) is 0 Å². The van der Waals surface area contributed by atoms with Crippen molar-refractivity contribution in [2.75, 3.05) is 28.4 Å². The van der Waals surface area contributed by atoms with E-state index in [1.165, 1.54) is 75.4 Å². The zero-order chi connectivity index (χ0) is 28.0.